The highest BCUT2D eigenvalue weighted by Gasteiger charge is 2.26. The molecule has 0 aliphatic carbocycles. The number of benzene rings is 1. The Kier molecular flexibility index (Phi) is 3.87. The molecule has 0 saturated carbocycles. The lowest BCUT2D eigenvalue weighted by molar-refractivity contribution is 0.0752. The largest absolute Gasteiger partial charge is 0.361 e. The number of fused-ring (bicyclic) bond motifs is 1. The molecule has 0 N–H and O–H groups in total. The first-order valence-corrected chi connectivity index (χ1v) is 8.46. The monoisotopic (exact) mass is 336 g/mol. The molecule has 3 aromatic rings. The maximum absolute atomic E-state index is 12.7. The number of carbonyl (C=O) groups excluding carboxylic acids is 1. The number of aryl methyl sites for hydroxylation is 2. The third kappa shape index (κ3) is 2.84. The second-order valence-corrected chi connectivity index (χ2v) is 6.38. The summed E-state index contributed by atoms with van der Waals surface area (Å²) in [5.74, 6) is 0.580. The van der Waals surface area contributed by atoms with Gasteiger partial charge in [-0.25, -0.2) is 0 Å². The van der Waals surface area contributed by atoms with Crippen LogP contribution in [0.4, 0.5) is 0 Å². The van der Waals surface area contributed by atoms with Gasteiger partial charge in [0.05, 0.1) is 5.69 Å². The summed E-state index contributed by atoms with van der Waals surface area (Å²) >= 11 is 0. The minimum absolute atomic E-state index is 0.0705. The lowest BCUT2D eigenvalue weighted by atomic mass is 10.0. The van der Waals surface area contributed by atoms with Crippen molar-refractivity contribution in [1.29, 1.82) is 0 Å². The molecule has 0 radical (unpaired) electrons. The maximum Gasteiger partial charge on any atom is 0.276 e. The summed E-state index contributed by atoms with van der Waals surface area (Å²) in [5, 5.41) is 8.58. The van der Waals surface area contributed by atoms with E-state index in [1.54, 1.807) is 13.0 Å². The van der Waals surface area contributed by atoms with E-state index in [0.29, 0.717) is 24.5 Å². The fraction of sp³-hybridized carbons (Fsp3) is 0.316. The topological polar surface area (TPSA) is 64.2 Å². The van der Waals surface area contributed by atoms with Gasteiger partial charge in [-0.05, 0) is 13.3 Å². The molecule has 1 aromatic carbocycles. The Morgan fingerprint density at radius 2 is 1.92 bits per heavy atom. The fourth-order valence-corrected chi connectivity index (χ4v) is 3.44. The molecule has 3 heterocycles. The zero-order chi connectivity index (χ0) is 17.4. The van der Waals surface area contributed by atoms with Crippen molar-refractivity contribution >= 4 is 5.91 Å². The number of aromatic nitrogens is 3. The summed E-state index contributed by atoms with van der Waals surface area (Å²) < 4.78 is 6.99. The summed E-state index contributed by atoms with van der Waals surface area (Å²) in [7, 11) is 1.98. The quantitative estimate of drug-likeness (QED) is 0.722. The van der Waals surface area contributed by atoms with Crippen LogP contribution in [0.2, 0.25) is 0 Å². The molecule has 0 saturated heterocycles. The predicted molar refractivity (Wildman–Crippen MR) is 93.2 cm³/mol. The number of nitrogens with zero attached hydrogens (tertiary/aromatic N) is 4. The minimum Gasteiger partial charge on any atom is -0.361 e. The highest BCUT2D eigenvalue weighted by molar-refractivity contribution is 5.92. The van der Waals surface area contributed by atoms with Gasteiger partial charge in [0, 0.05) is 49.4 Å². The van der Waals surface area contributed by atoms with E-state index in [2.05, 4.69) is 17.3 Å². The van der Waals surface area contributed by atoms with Gasteiger partial charge in [0.25, 0.3) is 5.91 Å². The van der Waals surface area contributed by atoms with Gasteiger partial charge >= 0.3 is 0 Å². The Labute approximate surface area is 146 Å². The Morgan fingerprint density at radius 3 is 2.64 bits per heavy atom. The summed E-state index contributed by atoms with van der Waals surface area (Å²) in [6.45, 7) is 3.11. The number of rotatable bonds is 2. The van der Waals surface area contributed by atoms with Crippen molar-refractivity contribution in [2.75, 3.05) is 13.1 Å². The van der Waals surface area contributed by atoms with Gasteiger partial charge in [0.2, 0.25) is 0 Å². The van der Waals surface area contributed by atoms with Gasteiger partial charge in [-0.1, -0.05) is 35.5 Å². The van der Waals surface area contributed by atoms with Crippen LogP contribution in [0, 0.1) is 6.92 Å². The van der Waals surface area contributed by atoms with Crippen molar-refractivity contribution < 1.29 is 9.32 Å². The molecule has 1 aliphatic heterocycles. The lowest BCUT2D eigenvalue weighted by Gasteiger charge is -2.18. The average Bonchev–Trinajstić information content (AvgIpc) is 3.11. The van der Waals surface area contributed by atoms with Crippen LogP contribution in [0.3, 0.4) is 0 Å². The Balaban J connectivity index is 1.61. The molecule has 6 nitrogen and oxygen atoms in total. The molecule has 2 aromatic heterocycles. The zero-order valence-electron chi connectivity index (χ0n) is 14.4. The number of carbonyl (C=O) groups is 1. The van der Waals surface area contributed by atoms with Crippen LogP contribution >= 0.6 is 0 Å². The third-order valence-electron chi connectivity index (χ3n) is 4.71. The normalized spacial score (nSPS) is 14.2. The molecule has 25 heavy (non-hydrogen) atoms. The van der Waals surface area contributed by atoms with Crippen LogP contribution in [0.15, 0.2) is 40.9 Å². The molecule has 0 fully saturated rings. The summed E-state index contributed by atoms with van der Waals surface area (Å²) in [6, 6.07) is 11.9. The lowest BCUT2D eigenvalue weighted by Crippen LogP contribution is -2.33. The summed E-state index contributed by atoms with van der Waals surface area (Å²) in [5.41, 5.74) is 4.95. The molecule has 0 atom stereocenters. The second-order valence-electron chi connectivity index (χ2n) is 6.38. The Hall–Kier alpha value is -2.89. The SMILES string of the molecule is Cc1cc(C(=O)N2CCc3c(-c4ccccc4)nn(C)c3CC2)no1. The summed E-state index contributed by atoms with van der Waals surface area (Å²) in [4.78, 5) is 14.5. The van der Waals surface area contributed by atoms with Crippen molar-refractivity contribution in [3.63, 3.8) is 0 Å². The molecule has 0 unspecified atom stereocenters. The van der Waals surface area contributed by atoms with Crippen LogP contribution in [0.5, 0.6) is 0 Å². The van der Waals surface area contributed by atoms with Crippen molar-refractivity contribution in [1.82, 2.24) is 19.8 Å². The van der Waals surface area contributed by atoms with Crippen molar-refractivity contribution in [2.24, 2.45) is 7.05 Å². The van der Waals surface area contributed by atoms with E-state index >= 15 is 0 Å². The van der Waals surface area contributed by atoms with E-state index < -0.39 is 0 Å². The molecule has 1 amide bonds. The van der Waals surface area contributed by atoms with Crippen LogP contribution in [0.1, 0.15) is 27.5 Å². The zero-order valence-corrected chi connectivity index (χ0v) is 14.4. The van der Waals surface area contributed by atoms with E-state index in [-0.39, 0.29) is 5.91 Å². The molecule has 4 rings (SSSR count). The van der Waals surface area contributed by atoms with Gasteiger partial charge in [-0.2, -0.15) is 5.10 Å². The van der Waals surface area contributed by atoms with Crippen molar-refractivity contribution in [2.45, 2.75) is 19.8 Å². The standard InChI is InChI=1S/C19H20N4O2/c1-13-12-16(21-25-13)19(24)23-10-8-15-17(9-11-23)22(2)20-18(15)14-6-4-3-5-7-14/h3-7,12H,8-11H2,1-2H3. The highest BCUT2D eigenvalue weighted by Crippen LogP contribution is 2.28. The number of hydrogen-bond donors (Lipinski definition) is 0. The maximum atomic E-state index is 12.7. The predicted octanol–water partition coefficient (Wildman–Crippen LogP) is 2.62. The van der Waals surface area contributed by atoms with Gasteiger partial charge in [-0.3, -0.25) is 9.48 Å². The first kappa shape index (κ1) is 15.6. The Morgan fingerprint density at radius 1 is 1.16 bits per heavy atom. The second kappa shape index (κ2) is 6.20. The molecule has 6 heteroatoms. The van der Waals surface area contributed by atoms with E-state index in [1.807, 2.05) is 34.8 Å². The molecule has 128 valence electrons. The van der Waals surface area contributed by atoms with Gasteiger partial charge in [0.15, 0.2) is 5.69 Å². The molecular weight excluding hydrogens is 316 g/mol. The fourth-order valence-electron chi connectivity index (χ4n) is 3.44. The number of hydrogen-bond acceptors (Lipinski definition) is 4. The van der Waals surface area contributed by atoms with Crippen molar-refractivity contribution in [3.05, 3.63) is 59.1 Å². The first-order chi connectivity index (χ1) is 12.1. The van der Waals surface area contributed by atoms with Gasteiger partial charge in [-0.15, -0.1) is 0 Å². The molecule has 0 spiro atoms. The number of amides is 1. The Bertz CT molecular complexity index is 911. The van der Waals surface area contributed by atoms with Gasteiger partial charge in [0.1, 0.15) is 5.76 Å². The molecule has 1 aliphatic rings. The summed E-state index contributed by atoms with van der Waals surface area (Å²) in [6.07, 6.45) is 1.57. The molecule has 0 bridgehead atoms. The smallest absolute Gasteiger partial charge is 0.276 e. The van der Waals surface area contributed by atoms with E-state index in [9.17, 15) is 4.79 Å². The van der Waals surface area contributed by atoms with Gasteiger partial charge < -0.3 is 9.42 Å². The minimum atomic E-state index is -0.0705. The molecular formula is C19H20N4O2. The van der Waals surface area contributed by atoms with Crippen LogP contribution in [-0.4, -0.2) is 38.8 Å². The van der Waals surface area contributed by atoms with E-state index in [1.165, 1.54) is 11.3 Å². The third-order valence-corrected chi connectivity index (χ3v) is 4.71. The highest BCUT2D eigenvalue weighted by atomic mass is 16.5. The average molecular weight is 336 g/mol. The van der Waals surface area contributed by atoms with Crippen LogP contribution in [0.25, 0.3) is 11.3 Å². The van der Waals surface area contributed by atoms with Crippen LogP contribution in [-0.2, 0) is 19.9 Å². The first-order valence-electron chi connectivity index (χ1n) is 8.46. The van der Waals surface area contributed by atoms with Crippen molar-refractivity contribution in [3.8, 4) is 11.3 Å². The van der Waals surface area contributed by atoms with E-state index in [4.69, 9.17) is 9.62 Å². The van der Waals surface area contributed by atoms with E-state index in [0.717, 1.165) is 24.1 Å². The van der Waals surface area contributed by atoms with Crippen LogP contribution < -0.4 is 0 Å².